The minimum absolute atomic E-state index is 0.526. The third-order valence-electron chi connectivity index (χ3n) is 3.85. The monoisotopic (exact) mass is 294 g/mol. The molecule has 1 aliphatic heterocycles. The van der Waals surface area contributed by atoms with E-state index in [9.17, 15) is 0 Å². The first kappa shape index (κ1) is 13.1. The van der Waals surface area contributed by atoms with Gasteiger partial charge in [-0.3, -0.25) is 0 Å². The molecule has 0 saturated heterocycles. The largest absolute Gasteiger partial charge is 0.359 e. The molecule has 0 bridgehead atoms. The number of allylic oxidation sites excluding steroid dienone is 1. The van der Waals surface area contributed by atoms with E-state index in [0.717, 1.165) is 29.9 Å². The third kappa shape index (κ3) is 2.86. The molecule has 6 nitrogen and oxygen atoms in total. The van der Waals surface area contributed by atoms with Crippen molar-refractivity contribution >= 4 is 23.3 Å². The minimum atomic E-state index is 0.526. The van der Waals surface area contributed by atoms with Crippen LogP contribution >= 0.6 is 0 Å². The lowest BCUT2D eigenvalue weighted by molar-refractivity contribution is 0.919. The van der Waals surface area contributed by atoms with Crippen molar-refractivity contribution in [1.29, 1.82) is 0 Å². The number of aromatic nitrogens is 3. The van der Waals surface area contributed by atoms with Gasteiger partial charge in [0.25, 0.3) is 0 Å². The molecule has 2 heterocycles. The number of aryl methyl sites for hydroxylation is 1. The molecular formula is C16H18N6. The van der Waals surface area contributed by atoms with Crippen LogP contribution < -0.4 is 16.0 Å². The molecule has 2 aromatic rings. The predicted molar refractivity (Wildman–Crippen MR) is 87.3 cm³/mol. The van der Waals surface area contributed by atoms with Crippen molar-refractivity contribution in [2.24, 2.45) is 0 Å². The number of nitrogens with zero attached hydrogens (tertiary/aromatic N) is 3. The molecule has 1 aliphatic carbocycles. The van der Waals surface area contributed by atoms with E-state index in [1.807, 2.05) is 6.07 Å². The van der Waals surface area contributed by atoms with Crippen LogP contribution in [0.3, 0.4) is 0 Å². The highest BCUT2D eigenvalue weighted by Crippen LogP contribution is 2.29. The van der Waals surface area contributed by atoms with Gasteiger partial charge in [-0.15, -0.1) is 0 Å². The number of benzene rings is 1. The summed E-state index contributed by atoms with van der Waals surface area (Å²) in [5, 5.41) is 9.84. The van der Waals surface area contributed by atoms with Crippen molar-refractivity contribution in [3.05, 3.63) is 42.4 Å². The average Bonchev–Trinajstić information content (AvgIpc) is 3.32. The Hall–Kier alpha value is -2.63. The second kappa shape index (κ2) is 5.29. The fourth-order valence-electron chi connectivity index (χ4n) is 2.50. The summed E-state index contributed by atoms with van der Waals surface area (Å²) in [6.07, 6.45) is 5.89. The van der Waals surface area contributed by atoms with Crippen LogP contribution in [0.5, 0.6) is 0 Å². The smallest absolute Gasteiger partial charge is 0.231 e. The summed E-state index contributed by atoms with van der Waals surface area (Å²) in [4.78, 5) is 12.7. The molecule has 0 atom stereocenters. The minimum Gasteiger partial charge on any atom is -0.359 e. The van der Waals surface area contributed by atoms with E-state index in [1.165, 1.54) is 24.7 Å². The van der Waals surface area contributed by atoms with Gasteiger partial charge < -0.3 is 16.0 Å². The van der Waals surface area contributed by atoms with Crippen LogP contribution in [0.2, 0.25) is 0 Å². The molecule has 112 valence electrons. The molecule has 0 amide bonds. The first-order valence-electron chi connectivity index (χ1n) is 7.56. The van der Waals surface area contributed by atoms with Crippen molar-refractivity contribution in [1.82, 2.24) is 15.0 Å². The Morgan fingerprint density at radius 1 is 1.14 bits per heavy atom. The zero-order valence-electron chi connectivity index (χ0n) is 12.3. The van der Waals surface area contributed by atoms with E-state index in [2.05, 4.69) is 49.6 Å². The number of hydrogen-bond acceptors (Lipinski definition) is 6. The summed E-state index contributed by atoms with van der Waals surface area (Å²) < 4.78 is 0. The summed E-state index contributed by atoms with van der Waals surface area (Å²) >= 11 is 0. The molecule has 1 saturated carbocycles. The molecule has 1 fully saturated rings. The van der Waals surface area contributed by atoms with Gasteiger partial charge in [0.05, 0.1) is 0 Å². The van der Waals surface area contributed by atoms with E-state index in [-0.39, 0.29) is 0 Å². The molecule has 3 N–H and O–H groups in total. The maximum atomic E-state index is 4.40. The number of nitrogens with one attached hydrogen (secondary N) is 3. The van der Waals surface area contributed by atoms with Crippen LogP contribution in [0.15, 0.2) is 36.8 Å². The summed E-state index contributed by atoms with van der Waals surface area (Å²) in [5.74, 6) is 1.20. The van der Waals surface area contributed by atoms with E-state index in [1.54, 1.807) is 0 Å². The van der Waals surface area contributed by atoms with Crippen LogP contribution in [0.25, 0.3) is 0 Å². The van der Waals surface area contributed by atoms with Crippen LogP contribution in [0, 0.1) is 0 Å². The third-order valence-corrected chi connectivity index (χ3v) is 3.85. The Balaban J connectivity index is 1.52. The predicted octanol–water partition coefficient (Wildman–Crippen LogP) is 3.06. The number of hydrogen-bond donors (Lipinski definition) is 3. The summed E-state index contributed by atoms with van der Waals surface area (Å²) in [6, 6.07) is 6.74. The van der Waals surface area contributed by atoms with Gasteiger partial charge in [-0.2, -0.15) is 4.98 Å². The lowest BCUT2D eigenvalue weighted by Crippen LogP contribution is -2.10. The van der Waals surface area contributed by atoms with Crippen molar-refractivity contribution < 1.29 is 0 Å². The average molecular weight is 294 g/mol. The van der Waals surface area contributed by atoms with Gasteiger partial charge in [-0.05, 0) is 49.4 Å². The Labute approximate surface area is 129 Å². The number of fused-ring (bicyclic) bond motifs is 1. The van der Waals surface area contributed by atoms with Crippen LogP contribution in [-0.4, -0.2) is 21.0 Å². The highest BCUT2D eigenvalue weighted by molar-refractivity contribution is 5.65. The fraction of sp³-hybridized carbons (Fsp3) is 0.312. The zero-order valence-corrected chi connectivity index (χ0v) is 12.3. The second-order valence-corrected chi connectivity index (χ2v) is 5.78. The van der Waals surface area contributed by atoms with Crippen molar-refractivity contribution in [2.75, 3.05) is 16.0 Å². The quantitative estimate of drug-likeness (QED) is 0.804. The molecular weight excluding hydrogens is 276 g/mol. The zero-order chi connectivity index (χ0) is 14.9. The topological polar surface area (TPSA) is 74.8 Å². The lowest BCUT2D eigenvalue weighted by atomic mass is 10.0. The van der Waals surface area contributed by atoms with Crippen LogP contribution in [0.1, 0.15) is 24.8 Å². The van der Waals surface area contributed by atoms with Crippen molar-refractivity contribution in [3.63, 3.8) is 0 Å². The molecule has 6 heteroatoms. The second-order valence-electron chi connectivity index (χ2n) is 5.78. The maximum Gasteiger partial charge on any atom is 0.231 e. The Morgan fingerprint density at radius 3 is 2.86 bits per heavy atom. The lowest BCUT2D eigenvalue weighted by Gasteiger charge is -2.20. The molecule has 4 rings (SSSR count). The van der Waals surface area contributed by atoms with Crippen molar-refractivity contribution in [2.45, 2.75) is 31.7 Å². The van der Waals surface area contributed by atoms with E-state index in [0.29, 0.717) is 17.9 Å². The highest BCUT2D eigenvalue weighted by atomic mass is 15.2. The summed E-state index contributed by atoms with van der Waals surface area (Å²) in [7, 11) is 0. The normalized spacial score (nSPS) is 16.6. The Kier molecular flexibility index (Phi) is 3.14. The Morgan fingerprint density at radius 2 is 2.00 bits per heavy atom. The first-order valence-corrected chi connectivity index (χ1v) is 7.56. The maximum absolute atomic E-state index is 4.40. The first-order chi connectivity index (χ1) is 10.8. The van der Waals surface area contributed by atoms with Gasteiger partial charge in [-0.1, -0.05) is 6.58 Å². The van der Waals surface area contributed by atoms with Gasteiger partial charge in [0.2, 0.25) is 11.9 Å². The van der Waals surface area contributed by atoms with Gasteiger partial charge in [0.1, 0.15) is 6.33 Å². The van der Waals surface area contributed by atoms with Crippen LogP contribution in [-0.2, 0) is 6.42 Å². The summed E-state index contributed by atoms with van der Waals surface area (Å²) in [6.45, 7) is 3.98. The standard InChI is InChI=1S/C16H18N6/c1-10-2-3-11-8-13(6-7-14(11)19-10)21-16-18-9-17-15(22-16)20-12-4-5-12/h6-9,12,19H,1-5H2,(H2,17,18,20,21,22). The molecule has 0 spiro atoms. The molecule has 1 aromatic heterocycles. The Bertz CT molecular complexity index is 722. The van der Waals surface area contributed by atoms with Gasteiger partial charge >= 0.3 is 0 Å². The molecule has 22 heavy (non-hydrogen) atoms. The number of anilines is 4. The highest BCUT2D eigenvalue weighted by Gasteiger charge is 2.22. The van der Waals surface area contributed by atoms with E-state index < -0.39 is 0 Å². The van der Waals surface area contributed by atoms with E-state index >= 15 is 0 Å². The molecule has 0 radical (unpaired) electrons. The fourth-order valence-corrected chi connectivity index (χ4v) is 2.50. The molecule has 2 aliphatic rings. The van der Waals surface area contributed by atoms with Gasteiger partial charge in [0, 0.05) is 23.1 Å². The SMILES string of the molecule is C=C1CCc2cc(Nc3ncnc(NC4CC4)n3)ccc2N1. The van der Waals surface area contributed by atoms with Crippen LogP contribution in [0.4, 0.5) is 23.3 Å². The number of rotatable bonds is 4. The van der Waals surface area contributed by atoms with Crippen molar-refractivity contribution in [3.8, 4) is 0 Å². The van der Waals surface area contributed by atoms with E-state index in [4.69, 9.17) is 0 Å². The molecule has 1 aromatic carbocycles. The van der Waals surface area contributed by atoms with Gasteiger partial charge in [-0.25, -0.2) is 9.97 Å². The van der Waals surface area contributed by atoms with Gasteiger partial charge in [0.15, 0.2) is 0 Å². The summed E-state index contributed by atoms with van der Waals surface area (Å²) in [5.41, 5.74) is 4.47. The molecule has 0 unspecified atom stereocenters.